The molecule has 0 aromatic heterocycles. The Kier molecular flexibility index (Phi) is 2.90. The second-order valence-corrected chi connectivity index (χ2v) is 5.74. The number of fused-ring (bicyclic) bond motifs is 1. The van der Waals surface area contributed by atoms with E-state index in [9.17, 15) is 13.6 Å². The Balaban J connectivity index is 1.98. The highest BCUT2D eigenvalue weighted by atomic mass is 19.3. The molecule has 2 atom stereocenters. The number of hydrogen-bond donors (Lipinski definition) is 2. The number of carbonyl (C=O) groups is 1. The zero-order chi connectivity index (χ0) is 12.8. The average Bonchev–Trinajstić information content (AvgIpc) is 2.67. The predicted octanol–water partition coefficient (Wildman–Crippen LogP) is 0.636. The van der Waals surface area contributed by atoms with Crippen LogP contribution >= 0.6 is 0 Å². The maximum absolute atomic E-state index is 13.5. The van der Waals surface area contributed by atoms with Gasteiger partial charge in [-0.1, -0.05) is 0 Å². The van der Waals surface area contributed by atoms with Gasteiger partial charge in [-0.3, -0.25) is 4.79 Å². The van der Waals surface area contributed by atoms with E-state index in [0.29, 0.717) is 13.1 Å². The number of alkyl halides is 2. The van der Waals surface area contributed by atoms with Crippen LogP contribution in [0, 0.1) is 11.3 Å². The first-order chi connectivity index (χ1) is 7.72. The molecule has 2 rings (SSSR count). The molecule has 0 spiro atoms. The van der Waals surface area contributed by atoms with E-state index in [-0.39, 0.29) is 19.1 Å². The van der Waals surface area contributed by atoms with E-state index in [1.165, 1.54) is 0 Å². The lowest BCUT2D eigenvalue weighted by atomic mass is 9.93. The van der Waals surface area contributed by atoms with Gasteiger partial charge in [-0.05, 0) is 13.8 Å². The van der Waals surface area contributed by atoms with Crippen molar-refractivity contribution < 1.29 is 18.7 Å². The molecule has 17 heavy (non-hydrogen) atoms. The summed E-state index contributed by atoms with van der Waals surface area (Å²) in [5.41, 5.74) is -0.895. The fourth-order valence-corrected chi connectivity index (χ4v) is 2.67. The van der Waals surface area contributed by atoms with Crippen molar-refractivity contribution in [2.75, 3.05) is 26.2 Å². The van der Waals surface area contributed by atoms with Crippen molar-refractivity contribution in [3.05, 3.63) is 0 Å². The van der Waals surface area contributed by atoms with E-state index in [2.05, 4.69) is 5.32 Å². The van der Waals surface area contributed by atoms with Crippen LogP contribution in [0.1, 0.15) is 13.8 Å². The molecule has 98 valence electrons. The predicted molar refractivity (Wildman–Crippen MR) is 58.1 cm³/mol. The molecular formula is C11H18F2N2O2. The monoisotopic (exact) mass is 248 g/mol. The highest BCUT2D eigenvalue weighted by Crippen LogP contribution is 2.37. The Morgan fingerprint density at radius 3 is 2.71 bits per heavy atom. The molecule has 2 heterocycles. The lowest BCUT2D eigenvalue weighted by Gasteiger charge is -2.27. The molecule has 2 saturated heterocycles. The second kappa shape index (κ2) is 3.88. The molecule has 0 aliphatic carbocycles. The Hall–Kier alpha value is -0.750. The first kappa shape index (κ1) is 12.7. The van der Waals surface area contributed by atoms with Crippen LogP contribution in [-0.2, 0) is 4.79 Å². The Labute approximate surface area is 99.0 Å². The van der Waals surface area contributed by atoms with Gasteiger partial charge in [0, 0.05) is 25.7 Å². The molecule has 2 fully saturated rings. The average molecular weight is 248 g/mol. The van der Waals surface area contributed by atoms with Gasteiger partial charge < -0.3 is 15.3 Å². The third kappa shape index (κ3) is 2.28. The zero-order valence-electron chi connectivity index (χ0n) is 10.0. The van der Waals surface area contributed by atoms with E-state index >= 15 is 0 Å². The summed E-state index contributed by atoms with van der Waals surface area (Å²) in [6, 6.07) is -0.199. The summed E-state index contributed by atoms with van der Waals surface area (Å²) in [6.45, 7) is 4.09. The minimum atomic E-state index is -2.66. The molecule has 0 saturated carbocycles. The van der Waals surface area contributed by atoms with E-state index in [0.717, 1.165) is 0 Å². The van der Waals surface area contributed by atoms with E-state index in [1.54, 1.807) is 13.8 Å². The first-order valence-corrected chi connectivity index (χ1v) is 5.79. The molecule has 0 radical (unpaired) electrons. The molecule has 0 bridgehead atoms. The van der Waals surface area contributed by atoms with Gasteiger partial charge in [0.1, 0.15) is 0 Å². The summed E-state index contributed by atoms with van der Waals surface area (Å²) < 4.78 is 26.9. The number of nitrogens with zero attached hydrogens (tertiary/aromatic N) is 1. The van der Waals surface area contributed by atoms with Crippen molar-refractivity contribution >= 4 is 5.97 Å². The number of carboxylic acid groups (broad SMARTS) is 1. The molecular weight excluding hydrogens is 230 g/mol. The molecule has 6 heteroatoms. The fourth-order valence-electron chi connectivity index (χ4n) is 2.67. The number of hydrogen-bond acceptors (Lipinski definition) is 3. The normalized spacial score (nSPS) is 32.7. The Morgan fingerprint density at radius 2 is 2.18 bits per heavy atom. The molecule has 2 aliphatic rings. The van der Waals surface area contributed by atoms with Crippen molar-refractivity contribution in [2.45, 2.75) is 25.8 Å². The van der Waals surface area contributed by atoms with Crippen LogP contribution in [-0.4, -0.2) is 54.1 Å². The number of rotatable bonds is 3. The fraction of sp³-hybridized carbons (Fsp3) is 0.909. The molecule has 4 nitrogen and oxygen atoms in total. The maximum atomic E-state index is 13.5. The molecule has 0 aromatic carbocycles. The van der Waals surface area contributed by atoms with Crippen LogP contribution in [0.15, 0.2) is 0 Å². The Morgan fingerprint density at radius 1 is 1.53 bits per heavy atom. The highest BCUT2D eigenvalue weighted by molar-refractivity contribution is 5.73. The summed E-state index contributed by atoms with van der Waals surface area (Å²) in [7, 11) is 0. The van der Waals surface area contributed by atoms with Crippen molar-refractivity contribution in [2.24, 2.45) is 11.3 Å². The zero-order valence-corrected chi connectivity index (χ0v) is 10.0. The van der Waals surface area contributed by atoms with E-state index < -0.39 is 23.2 Å². The van der Waals surface area contributed by atoms with Gasteiger partial charge in [0.15, 0.2) is 0 Å². The number of likely N-dealkylation sites (tertiary alicyclic amines) is 1. The lowest BCUT2D eigenvalue weighted by Crippen LogP contribution is -2.41. The lowest BCUT2D eigenvalue weighted by molar-refractivity contribution is -0.147. The van der Waals surface area contributed by atoms with Gasteiger partial charge in [-0.15, -0.1) is 0 Å². The van der Waals surface area contributed by atoms with Crippen LogP contribution in [0.4, 0.5) is 8.78 Å². The number of aliphatic carboxylic acids is 1. The number of carboxylic acids is 1. The SMILES string of the molecule is CC(C)(CN1CC2NCC(F)(F)C2C1)C(=O)O. The van der Waals surface area contributed by atoms with Gasteiger partial charge in [0.25, 0.3) is 5.92 Å². The van der Waals surface area contributed by atoms with Gasteiger partial charge in [0.2, 0.25) is 0 Å². The number of nitrogens with one attached hydrogen (secondary N) is 1. The van der Waals surface area contributed by atoms with Crippen LogP contribution < -0.4 is 5.32 Å². The Bertz CT molecular complexity index is 333. The minimum absolute atomic E-state index is 0.199. The summed E-state index contributed by atoms with van der Waals surface area (Å²) in [5, 5.41) is 11.8. The third-order valence-corrected chi connectivity index (χ3v) is 3.74. The molecule has 2 N–H and O–H groups in total. The quantitative estimate of drug-likeness (QED) is 0.769. The third-order valence-electron chi connectivity index (χ3n) is 3.74. The minimum Gasteiger partial charge on any atom is -0.481 e. The molecule has 2 aliphatic heterocycles. The molecule has 0 aromatic rings. The summed E-state index contributed by atoms with van der Waals surface area (Å²) in [6.07, 6.45) is 0. The standard InChI is InChI=1S/C11H18F2N2O2/c1-10(2,9(16)17)6-15-3-7-8(4-15)14-5-11(7,12)13/h7-8,14H,3-6H2,1-2H3,(H,16,17). The number of halogens is 2. The first-order valence-electron chi connectivity index (χ1n) is 5.79. The smallest absolute Gasteiger partial charge is 0.310 e. The second-order valence-electron chi connectivity index (χ2n) is 5.74. The molecule has 2 unspecified atom stereocenters. The van der Waals surface area contributed by atoms with Gasteiger partial charge >= 0.3 is 5.97 Å². The van der Waals surface area contributed by atoms with E-state index in [4.69, 9.17) is 5.11 Å². The maximum Gasteiger partial charge on any atom is 0.310 e. The highest BCUT2D eigenvalue weighted by Gasteiger charge is 2.54. The van der Waals surface area contributed by atoms with Crippen molar-refractivity contribution in [3.63, 3.8) is 0 Å². The van der Waals surface area contributed by atoms with Gasteiger partial charge in [0.05, 0.1) is 17.9 Å². The summed E-state index contributed by atoms with van der Waals surface area (Å²) >= 11 is 0. The van der Waals surface area contributed by atoms with Crippen LogP contribution in [0.25, 0.3) is 0 Å². The summed E-state index contributed by atoms with van der Waals surface area (Å²) in [5.74, 6) is -4.23. The largest absolute Gasteiger partial charge is 0.481 e. The van der Waals surface area contributed by atoms with Crippen molar-refractivity contribution in [1.29, 1.82) is 0 Å². The topological polar surface area (TPSA) is 52.6 Å². The van der Waals surface area contributed by atoms with Crippen LogP contribution in [0.3, 0.4) is 0 Å². The van der Waals surface area contributed by atoms with E-state index in [1.807, 2.05) is 4.90 Å². The molecule has 0 amide bonds. The van der Waals surface area contributed by atoms with Crippen LogP contribution in [0.2, 0.25) is 0 Å². The van der Waals surface area contributed by atoms with Crippen LogP contribution in [0.5, 0.6) is 0 Å². The van der Waals surface area contributed by atoms with Crippen molar-refractivity contribution in [3.8, 4) is 0 Å². The van der Waals surface area contributed by atoms with Gasteiger partial charge in [-0.25, -0.2) is 8.78 Å². The van der Waals surface area contributed by atoms with Crippen molar-refractivity contribution in [1.82, 2.24) is 10.2 Å². The van der Waals surface area contributed by atoms with Gasteiger partial charge in [-0.2, -0.15) is 0 Å². The summed E-state index contributed by atoms with van der Waals surface area (Å²) in [4.78, 5) is 12.8.